The molecule has 0 aliphatic heterocycles. The van der Waals surface area contributed by atoms with Crippen LogP contribution in [0.1, 0.15) is 31.7 Å². The molecule has 0 fully saturated rings. The maximum Gasteiger partial charge on any atom is 0.500 e. The van der Waals surface area contributed by atoms with E-state index in [1.54, 1.807) is 21.3 Å². The quantitative estimate of drug-likeness (QED) is 0.378. The zero-order chi connectivity index (χ0) is 14.8. The van der Waals surface area contributed by atoms with Crippen LogP contribution in [0.3, 0.4) is 0 Å². The molecule has 0 radical (unpaired) electrons. The van der Waals surface area contributed by atoms with Crippen LogP contribution in [-0.4, -0.2) is 30.1 Å². The van der Waals surface area contributed by atoms with Crippen molar-refractivity contribution in [1.29, 1.82) is 0 Å². The molecule has 20 heavy (non-hydrogen) atoms. The van der Waals surface area contributed by atoms with Crippen LogP contribution in [-0.2, 0) is 26.2 Å². The normalized spacial score (nSPS) is 11.8. The van der Waals surface area contributed by atoms with Crippen molar-refractivity contribution in [2.24, 2.45) is 0 Å². The molecule has 0 aliphatic rings. The van der Waals surface area contributed by atoms with Gasteiger partial charge in [0.15, 0.2) is 12.4 Å². The molecule has 0 saturated heterocycles. The first kappa shape index (κ1) is 17.3. The van der Waals surface area contributed by atoms with Crippen LogP contribution >= 0.6 is 0 Å². The van der Waals surface area contributed by atoms with Gasteiger partial charge in [0.25, 0.3) is 0 Å². The van der Waals surface area contributed by atoms with Gasteiger partial charge in [-0.25, -0.2) is 4.57 Å². The average Bonchev–Trinajstić information content (AvgIpc) is 2.49. The third-order valence-electron chi connectivity index (χ3n) is 3.54. The van der Waals surface area contributed by atoms with E-state index >= 15 is 0 Å². The lowest BCUT2D eigenvalue weighted by Crippen LogP contribution is -2.42. The fraction of sp³-hybridized carbons (Fsp3) is 0.667. The number of nitrogens with zero attached hydrogens (tertiary/aromatic N) is 1. The molecule has 0 saturated carbocycles. The van der Waals surface area contributed by atoms with E-state index in [1.807, 2.05) is 0 Å². The molecule has 0 aliphatic carbocycles. The van der Waals surface area contributed by atoms with E-state index in [4.69, 9.17) is 13.3 Å². The van der Waals surface area contributed by atoms with Gasteiger partial charge in [-0.1, -0.05) is 13.3 Å². The molecule has 0 aromatic carbocycles. The summed E-state index contributed by atoms with van der Waals surface area (Å²) in [6.45, 7) is 3.24. The highest BCUT2D eigenvalue weighted by Gasteiger charge is 2.36. The number of pyridine rings is 1. The van der Waals surface area contributed by atoms with Crippen molar-refractivity contribution in [3.63, 3.8) is 0 Å². The molecule has 0 unspecified atom stereocenters. The van der Waals surface area contributed by atoms with Crippen molar-refractivity contribution >= 4 is 8.80 Å². The van der Waals surface area contributed by atoms with Gasteiger partial charge in [-0.05, 0) is 18.9 Å². The second kappa shape index (κ2) is 9.23. The van der Waals surface area contributed by atoms with Gasteiger partial charge >= 0.3 is 8.80 Å². The first-order chi connectivity index (χ1) is 9.69. The number of unbranched alkanes of at least 4 members (excludes halogenated alkanes) is 1. The fourth-order valence-electron chi connectivity index (χ4n) is 2.34. The third-order valence-corrected chi connectivity index (χ3v) is 6.37. The Labute approximate surface area is 124 Å². The summed E-state index contributed by atoms with van der Waals surface area (Å²) < 4.78 is 18.5. The van der Waals surface area contributed by atoms with Crippen LogP contribution in [0.25, 0.3) is 0 Å². The first-order valence-electron chi connectivity index (χ1n) is 7.33. The second-order valence-corrected chi connectivity index (χ2v) is 8.04. The lowest BCUT2D eigenvalue weighted by atomic mass is 10.2. The summed E-state index contributed by atoms with van der Waals surface area (Å²) in [4.78, 5) is 0. The molecule has 1 aromatic rings. The molecule has 0 bridgehead atoms. The highest BCUT2D eigenvalue weighted by molar-refractivity contribution is 6.60. The topological polar surface area (TPSA) is 31.6 Å². The standard InChI is InChI=1S/C15H28NO3Si/c1-5-9-15-10-8-12-16(14-15)11-6-7-13-20(17-2,18-3)19-4/h8,10,12,14H,5-7,9,11,13H2,1-4H3/q+1. The van der Waals surface area contributed by atoms with Crippen LogP contribution in [0.15, 0.2) is 24.5 Å². The van der Waals surface area contributed by atoms with E-state index in [2.05, 4.69) is 36.0 Å². The van der Waals surface area contributed by atoms with E-state index in [1.165, 1.54) is 12.0 Å². The second-order valence-electron chi connectivity index (χ2n) is 4.95. The SMILES string of the molecule is CCCc1ccc[n+](CCCC[Si](OC)(OC)OC)c1. The van der Waals surface area contributed by atoms with Crippen molar-refractivity contribution < 1.29 is 17.8 Å². The molecule has 4 nitrogen and oxygen atoms in total. The van der Waals surface area contributed by atoms with Crippen LogP contribution in [0, 0.1) is 0 Å². The van der Waals surface area contributed by atoms with Crippen LogP contribution in [0.5, 0.6) is 0 Å². The number of aryl methyl sites for hydroxylation is 2. The number of hydrogen-bond acceptors (Lipinski definition) is 3. The van der Waals surface area contributed by atoms with Gasteiger partial charge in [-0.15, -0.1) is 0 Å². The predicted molar refractivity (Wildman–Crippen MR) is 81.5 cm³/mol. The number of aromatic nitrogens is 1. The summed E-state index contributed by atoms with van der Waals surface area (Å²) in [6.07, 6.45) is 8.86. The molecule has 1 heterocycles. The molecular formula is C15H28NO3Si+. The molecule has 1 rings (SSSR count). The van der Waals surface area contributed by atoms with Crippen molar-refractivity contribution in [3.05, 3.63) is 30.1 Å². The Morgan fingerprint density at radius 3 is 2.40 bits per heavy atom. The largest absolute Gasteiger partial charge is 0.500 e. The van der Waals surface area contributed by atoms with Gasteiger partial charge in [0.2, 0.25) is 0 Å². The van der Waals surface area contributed by atoms with Crippen molar-refractivity contribution in [2.75, 3.05) is 21.3 Å². The fourth-order valence-corrected chi connectivity index (χ4v) is 4.14. The smallest absolute Gasteiger partial charge is 0.377 e. The molecule has 114 valence electrons. The van der Waals surface area contributed by atoms with E-state index in [0.717, 1.165) is 31.9 Å². The molecule has 0 amide bonds. The summed E-state index contributed by atoms with van der Waals surface area (Å²) >= 11 is 0. The van der Waals surface area contributed by atoms with Crippen LogP contribution < -0.4 is 4.57 Å². The summed E-state index contributed by atoms with van der Waals surface area (Å²) in [5.74, 6) is 0. The summed E-state index contributed by atoms with van der Waals surface area (Å²) in [7, 11) is 2.62. The van der Waals surface area contributed by atoms with E-state index in [0.29, 0.717) is 0 Å². The molecule has 0 spiro atoms. The first-order valence-corrected chi connectivity index (χ1v) is 9.26. The van der Waals surface area contributed by atoms with Gasteiger partial charge in [0, 0.05) is 45.4 Å². The van der Waals surface area contributed by atoms with Gasteiger partial charge in [-0.2, -0.15) is 0 Å². The molecule has 0 atom stereocenters. The minimum absolute atomic E-state index is 0.867. The van der Waals surface area contributed by atoms with Gasteiger partial charge in [0.05, 0.1) is 0 Å². The van der Waals surface area contributed by atoms with Gasteiger partial charge in [0.1, 0.15) is 6.54 Å². The van der Waals surface area contributed by atoms with Crippen LogP contribution in [0.4, 0.5) is 0 Å². The lowest BCUT2D eigenvalue weighted by molar-refractivity contribution is -0.697. The molecule has 1 aromatic heterocycles. The Morgan fingerprint density at radius 2 is 1.80 bits per heavy atom. The monoisotopic (exact) mass is 298 g/mol. The Hall–Kier alpha value is -0.753. The maximum atomic E-state index is 5.43. The van der Waals surface area contributed by atoms with Crippen molar-refractivity contribution in [3.8, 4) is 0 Å². The molecular weight excluding hydrogens is 270 g/mol. The lowest BCUT2D eigenvalue weighted by Gasteiger charge is -2.23. The average molecular weight is 298 g/mol. The van der Waals surface area contributed by atoms with E-state index in [-0.39, 0.29) is 0 Å². The summed E-state index contributed by atoms with van der Waals surface area (Å²) in [6, 6.07) is 5.19. The number of rotatable bonds is 10. The predicted octanol–water partition coefficient (Wildman–Crippen LogP) is 2.58. The minimum atomic E-state index is -2.39. The highest BCUT2D eigenvalue weighted by atomic mass is 28.4. The molecule has 5 heteroatoms. The third kappa shape index (κ3) is 5.32. The zero-order valence-corrected chi connectivity index (χ0v) is 14.2. The number of hydrogen-bond donors (Lipinski definition) is 0. The van der Waals surface area contributed by atoms with Gasteiger partial charge in [-0.3, -0.25) is 0 Å². The Balaban J connectivity index is 2.39. The minimum Gasteiger partial charge on any atom is -0.377 e. The maximum absolute atomic E-state index is 5.43. The Bertz CT molecular complexity index is 375. The van der Waals surface area contributed by atoms with Crippen LogP contribution in [0.2, 0.25) is 6.04 Å². The van der Waals surface area contributed by atoms with Gasteiger partial charge < -0.3 is 13.3 Å². The van der Waals surface area contributed by atoms with Crippen molar-refractivity contribution in [2.45, 2.75) is 45.2 Å². The van der Waals surface area contributed by atoms with E-state index < -0.39 is 8.80 Å². The zero-order valence-electron chi connectivity index (χ0n) is 13.2. The molecule has 0 N–H and O–H groups in total. The summed E-state index contributed by atoms with van der Waals surface area (Å²) in [5, 5.41) is 0. The highest BCUT2D eigenvalue weighted by Crippen LogP contribution is 2.16. The van der Waals surface area contributed by atoms with E-state index in [9.17, 15) is 0 Å². The summed E-state index contributed by atoms with van der Waals surface area (Å²) in [5.41, 5.74) is 1.41. The Morgan fingerprint density at radius 1 is 1.10 bits per heavy atom. The van der Waals surface area contributed by atoms with Crippen molar-refractivity contribution in [1.82, 2.24) is 0 Å². The Kier molecular flexibility index (Phi) is 7.99.